The normalized spacial score (nSPS) is 23.8. The summed E-state index contributed by atoms with van der Waals surface area (Å²) in [5.41, 5.74) is 6.76. The van der Waals surface area contributed by atoms with Crippen molar-refractivity contribution in [1.29, 1.82) is 0 Å². The third-order valence-corrected chi connectivity index (χ3v) is 3.88. The summed E-state index contributed by atoms with van der Waals surface area (Å²) in [5.74, 6) is 0.564. The van der Waals surface area contributed by atoms with Crippen molar-refractivity contribution in [1.82, 2.24) is 5.32 Å². The van der Waals surface area contributed by atoms with Crippen molar-refractivity contribution >= 4 is 0 Å². The van der Waals surface area contributed by atoms with Gasteiger partial charge in [0, 0.05) is 18.0 Å². The van der Waals surface area contributed by atoms with Gasteiger partial charge in [-0.25, -0.2) is 4.39 Å². The molecule has 3 N–H and O–H groups in total. The fourth-order valence-corrected chi connectivity index (χ4v) is 2.55. The highest BCUT2D eigenvalue weighted by Crippen LogP contribution is 2.26. The van der Waals surface area contributed by atoms with Gasteiger partial charge in [-0.05, 0) is 43.0 Å². The molecule has 100 valence electrons. The second-order valence-electron chi connectivity index (χ2n) is 6.12. The average Bonchev–Trinajstić information content (AvgIpc) is 2.26. The summed E-state index contributed by atoms with van der Waals surface area (Å²) in [6.07, 6.45) is 2.26. The lowest BCUT2D eigenvalue weighted by Crippen LogP contribution is -2.43. The molecule has 0 radical (unpaired) electrons. The average molecular weight is 250 g/mol. The molecule has 0 unspecified atom stereocenters. The number of nitrogens with two attached hydrogens (primary N) is 1. The number of benzene rings is 1. The van der Waals surface area contributed by atoms with Crippen LogP contribution in [0.3, 0.4) is 0 Å². The van der Waals surface area contributed by atoms with Gasteiger partial charge in [-0.1, -0.05) is 26.0 Å². The molecule has 0 bridgehead atoms. The highest BCUT2D eigenvalue weighted by molar-refractivity contribution is 5.24. The van der Waals surface area contributed by atoms with Crippen LogP contribution in [-0.2, 0) is 5.41 Å². The SMILES string of the molecule is CC(C)(CNCC1CC(N)C1)c1cccc(F)c1. The first kappa shape index (κ1) is 13.5. The first-order chi connectivity index (χ1) is 8.47. The summed E-state index contributed by atoms with van der Waals surface area (Å²) < 4.78 is 13.2. The van der Waals surface area contributed by atoms with Crippen LogP contribution in [0.1, 0.15) is 32.3 Å². The maximum Gasteiger partial charge on any atom is 0.123 e. The molecular weight excluding hydrogens is 227 g/mol. The monoisotopic (exact) mass is 250 g/mol. The van der Waals surface area contributed by atoms with Crippen molar-refractivity contribution in [3.63, 3.8) is 0 Å². The second-order valence-corrected chi connectivity index (χ2v) is 6.12. The zero-order valence-corrected chi connectivity index (χ0v) is 11.2. The summed E-state index contributed by atoms with van der Waals surface area (Å²) in [7, 11) is 0. The zero-order valence-electron chi connectivity index (χ0n) is 11.2. The Hall–Kier alpha value is -0.930. The molecule has 0 amide bonds. The fraction of sp³-hybridized carbons (Fsp3) is 0.600. The topological polar surface area (TPSA) is 38.0 Å². The van der Waals surface area contributed by atoms with Crippen LogP contribution < -0.4 is 11.1 Å². The molecular formula is C15H23FN2. The Morgan fingerprint density at radius 2 is 2.11 bits per heavy atom. The van der Waals surface area contributed by atoms with Gasteiger partial charge in [-0.2, -0.15) is 0 Å². The molecule has 0 aliphatic heterocycles. The fourth-order valence-electron chi connectivity index (χ4n) is 2.55. The van der Waals surface area contributed by atoms with Crippen molar-refractivity contribution < 1.29 is 4.39 Å². The number of hydrogen-bond acceptors (Lipinski definition) is 2. The third-order valence-electron chi connectivity index (χ3n) is 3.88. The van der Waals surface area contributed by atoms with Gasteiger partial charge < -0.3 is 11.1 Å². The standard InChI is InChI=1S/C15H23FN2/c1-15(2,12-4-3-5-13(16)8-12)10-18-9-11-6-14(17)7-11/h3-5,8,11,14,18H,6-7,9-10,17H2,1-2H3. The van der Waals surface area contributed by atoms with Crippen LogP contribution >= 0.6 is 0 Å². The van der Waals surface area contributed by atoms with Gasteiger partial charge in [0.2, 0.25) is 0 Å². The molecule has 3 heteroatoms. The van der Waals surface area contributed by atoms with Crippen LogP contribution in [0.2, 0.25) is 0 Å². The van der Waals surface area contributed by atoms with Gasteiger partial charge in [0.05, 0.1) is 0 Å². The molecule has 0 saturated heterocycles. The van der Waals surface area contributed by atoms with E-state index in [9.17, 15) is 4.39 Å². The lowest BCUT2D eigenvalue weighted by molar-refractivity contribution is 0.251. The van der Waals surface area contributed by atoms with E-state index in [1.54, 1.807) is 12.1 Å². The van der Waals surface area contributed by atoms with E-state index in [-0.39, 0.29) is 11.2 Å². The van der Waals surface area contributed by atoms with E-state index in [1.807, 2.05) is 6.07 Å². The van der Waals surface area contributed by atoms with E-state index in [2.05, 4.69) is 19.2 Å². The highest BCUT2D eigenvalue weighted by Gasteiger charge is 2.26. The minimum absolute atomic E-state index is 0.0477. The van der Waals surface area contributed by atoms with Crippen molar-refractivity contribution in [2.24, 2.45) is 11.7 Å². The zero-order chi connectivity index (χ0) is 13.2. The first-order valence-corrected chi connectivity index (χ1v) is 6.70. The summed E-state index contributed by atoms with van der Waals surface area (Å²) >= 11 is 0. The van der Waals surface area contributed by atoms with E-state index >= 15 is 0 Å². The number of hydrogen-bond donors (Lipinski definition) is 2. The Morgan fingerprint density at radius 3 is 2.72 bits per heavy atom. The number of nitrogens with one attached hydrogen (secondary N) is 1. The van der Waals surface area contributed by atoms with Gasteiger partial charge in [0.15, 0.2) is 0 Å². The lowest BCUT2D eigenvalue weighted by Gasteiger charge is -2.34. The molecule has 2 nitrogen and oxygen atoms in total. The van der Waals surface area contributed by atoms with Crippen LogP contribution in [0, 0.1) is 11.7 Å². The maximum absolute atomic E-state index is 13.2. The van der Waals surface area contributed by atoms with E-state index < -0.39 is 0 Å². The molecule has 1 aliphatic carbocycles. The molecule has 2 rings (SSSR count). The van der Waals surface area contributed by atoms with Crippen LogP contribution in [0.5, 0.6) is 0 Å². The Kier molecular flexibility index (Phi) is 4.03. The Labute approximate surface area is 109 Å². The van der Waals surface area contributed by atoms with Crippen molar-refractivity contribution in [2.45, 2.75) is 38.1 Å². The highest BCUT2D eigenvalue weighted by atomic mass is 19.1. The van der Waals surface area contributed by atoms with E-state index in [0.29, 0.717) is 6.04 Å². The van der Waals surface area contributed by atoms with Gasteiger partial charge in [0.25, 0.3) is 0 Å². The molecule has 1 aromatic rings. The minimum atomic E-state index is -0.162. The van der Waals surface area contributed by atoms with Crippen LogP contribution in [0.4, 0.5) is 4.39 Å². The molecule has 1 aliphatic rings. The molecule has 18 heavy (non-hydrogen) atoms. The molecule has 0 aromatic heterocycles. The smallest absolute Gasteiger partial charge is 0.123 e. The van der Waals surface area contributed by atoms with Crippen molar-refractivity contribution in [2.75, 3.05) is 13.1 Å². The first-order valence-electron chi connectivity index (χ1n) is 6.70. The summed E-state index contributed by atoms with van der Waals surface area (Å²) in [5, 5.41) is 3.49. The molecule has 0 spiro atoms. The Balaban J connectivity index is 1.83. The predicted molar refractivity (Wildman–Crippen MR) is 73.0 cm³/mol. The van der Waals surface area contributed by atoms with Gasteiger partial charge in [-0.15, -0.1) is 0 Å². The summed E-state index contributed by atoms with van der Waals surface area (Å²) in [6.45, 7) is 6.16. The Morgan fingerprint density at radius 1 is 1.39 bits per heavy atom. The Bertz CT molecular complexity index is 397. The molecule has 0 atom stereocenters. The molecule has 1 saturated carbocycles. The maximum atomic E-state index is 13.2. The predicted octanol–water partition coefficient (Wildman–Crippen LogP) is 2.43. The van der Waals surface area contributed by atoms with Crippen LogP contribution in [-0.4, -0.2) is 19.1 Å². The van der Waals surface area contributed by atoms with E-state index in [4.69, 9.17) is 5.73 Å². The van der Waals surface area contributed by atoms with E-state index in [0.717, 1.165) is 37.4 Å². The minimum Gasteiger partial charge on any atom is -0.328 e. The molecule has 1 aromatic carbocycles. The number of rotatable bonds is 5. The third kappa shape index (κ3) is 3.30. The van der Waals surface area contributed by atoms with Crippen molar-refractivity contribution in [3.05, 3.63) is 35.6 Å². The van der Waals surface area contributed by atoms with Crippen molar-refractivity contribution in [3.8, 4) is 0 Å². The quantitative estimate of drug-likeness (QED) is 0.842. The number of halogens is 1. The summed E-state index contributed by atoms with van der Waals surface area (Å²) in [6, 6.07) is 7.29. The van der Waals surface area contributed by atoms with Gasteiger partial charge in [0.1, 0.15) is 5.82 Å². The largest absolute Gasteiger partial charge is 0.328 e. The second kappa shape index (κ2) is 5.37. The molecule has 1 fully saturated rings. The van der Waals surface area contributed by atoms with E-state index in [1.165, 1.54) is 6.07 Å². The molecule has 0 heterocycles. The summed E-state index contributed by atoms with van der Waals surface area (Å²) in [4.78, 5) is 0. The van der Waals surface area contributed by atoms with Gasteiger partial charge in [-0.3, -0.25) is 0 Å². The van der Waals surface area contributed by atoms with Crippen LogP contribution in [0.15, 0.2) is 24.3 Å². The van der Waals surface area contributed by atoms with Crippen LogP contribution in [0.25, 0.3) is 0 Å². The van der Waals surface area contributed by atoms with Gasteiger partial charge >= 0.3 is 0 Å². The lowest BCUT2D eigenvalue weighted by atomic mass is 9.80.